The van der Waals surface area contributed by atoms with E-state index in [1.165, 1.54) is 103 Å². The molecular formula is C63H106O6. The average molecular weight is 960 g/mol. The van der Waals surface area contributed by atoms with Gasteiger partial charge < -0.3 is 14.2 Å². The lowest BCUT2D eigenvalue weighted by molar-refractivity contribution is -0.167. The maximum absolute atomic E-state index is 12.8. The molecule has 0 amide bonds. The molecule has 0 spiro atoms. The lowest BCUT2D eigenvalue weighted by Gasteiger charge is -2.18. The van der Waals surface area contributed by atoms with Gasteiger partial charge in [0.05, 0.1) is 0 Å². The van der Waals surface area contributed by atoms with E-state index in [2.05, 4.69) is 118 Å². The van der Waals surface area contributed by atoms with Crippen molar-refractivity contribution in [3.05, 3.63) is 97.2 Å². The molecule has 0 aliphatic heterocycles. The summed E-state index contributed by atoms with van der Waals surface area (Å²) in [6, 6.07) is 0. The minimum Gasteiger partial charge on any atom is -0.462 e. The van der Waals surface area contributed by atoms with Gasteiger partial charge in [-0.2, -0.15) is 0 Å². The molecule has 0 saturated carbocycles. The van der Waals surface area contributed by atoms with Gasteiger partial charge in [-0.3, -0.25) is 14.4 Å². The zero-order valence-electron chi connectivity index (χ0n) is 45.0. The Bertz CT molecular complexity index is 1380. The zero-order chi connectivity index (χ0) is 50.0. The third-order valence-electron chi connectivity index (χ3n) is 12.1. The van der Waals surface area contributed by atoms with Crippen LogP contribution in [-0.2, 0) is 28.6 Å². The highest BCUT2D eigenvalue weighted by Crippen LogP contribution is 2.15. The van der Waals surface area contributed by atoms with E-state index in [0.29, 0.717) is 19.3 Å². The van der Waals surface area contributed by atoms with Gasteiger partial charge in [-0.25, -0.2) is 0 Å². The predicted octanol–water partition coefficient (Wildman–Crippen LogP) is 19.3. The van der Waals surface area contributed by atoms with Crippen molar-refractivity contribution in [2.24, 2.45) is 0 Å². The van der Waals surface area contributed by atoms with Crippen LogP contribution in [0.4, 0.5) is 0 Å². The Kier molecular flexibility index (Phi) is 53.9. The Labute approximate surface area is 426 Å². The summed E-state index contributed by atoms with van der Waals surface area (Å²) >= 11 is 0. The summed E-state index contributed by atoms with van der Waals surface area (Å²) in [5, 5.41) is 0. The first-order chi connectivity index (χ1) is 34.0. The van der Waals surface area contributed by atoms with Crippen molar-refractivity contribution in [3.8, 4) is 0 Å². The van der Waals surface area contributed by atoms with Gasteiger partial charge in [-0.15, -0.1) is 0 Å². The molecule has 0 bridgehead atoms. The first-order valence-electron chi connectivity index (χ1n) is 28.7. The third kappa shape index (κ3) is 55.1. The molecule has 0 radical (unpaired) electrons. The predicted molar refractivity (Wildman–Crippen MR) is 297 cm³/mol. The standard InChI is InChI=1S/C63H106O6/c1-4-7-10-13-16-19-22-24-25-26-27-28-29-30-31-32-33-34-35-36-37-38-39-40-42-44-47-50-53-56-62(65)68-59-60(58-67-61(64)55-52-49-46-43-21-18-15-12-9-6-3)69-63(66)57-54-51-48-45-41-23-20-17-14-11-8-5-2/h7,10,12,15-16,19,24-25,27-28,30-31,33-34,36-37,60H,4-6,8-9,11,13-14,17-18,20-23,26,29,32,35,38-59H2,1-3H3/b10-7-,15-12-,19-16-,25-24-,28-27-,31-30-,34-33-,37-36-. The first-order valence-corrected chi connectivity index (χ1v) is 28.7. The van der Waals surface area contributed by atoms with Crippen molar-refractivity contribution >= 4 is 17.9 Å². The van der Waals surface area contributed by atoms with Crippen molar-refractivity contribution in [2.45, 2.75) is 271 Å². The van der Waals surface area contributed by atoms with Crippen LogP contribution in [0.25, 0.3) is 0 Å². The molecular weight excluding hydrogens is 853 g/mol. The Morgan fingerprint density at radius 1 is 0.304 bits per heavy atom. The minimum absolute atomic E-state index is 0.0837. The number of ether oxygens (including phenoxy) is 3. The Morgan fingerprint density at radius 2 is 0.594 bits per heavy atom. The van der Waals surface area contributed by atoms with Crippen LogP contribution >= 0.6 is 0 Å². The number of hydrogen-bond acceptors (Lipinski definition) is 6. The van der Waals surface area contributed by atoms with Crippen molar-refractivity contribution in [1.29, 1.82) is 0 Å². The molecule has 1 atom stereocenters. The van der Waals surface area contributed by atoms with E-state index >= 15 is 0 Å². The molecule has 0 aromatic rings. The van der Waals surface area contributed by atoms with E-state index in [9.17, 15) is 14.4 Å². The van der Waals surface area contributed by atoms with Crippen LogP contribution < -0.4 is 0 Å². The molecule has 0 saturated heterocycles. The highest BCUT2D eigenvalue weighted by atomic mass is 16.6. The molecule has 0 N–H and O–H groups in total. The quantitative estimate of drug-likeness (QED) is 0.0262. The Morgan fingerprint density at radius 3 is 0.957 bits per heavy atom. The second kappa shape index (κ2) is 56.9. The molecule has 0 fully saturated rings. The third-order valence-corrected chi connectivity index (χ3v) is 12.1. The van der Waals surface area contributed by atoms with Crippen LogP contribution in [0.15, 0.2) is 97.2 Å². The minimum atomic E-state index is -0.782. The Hall–Kier alpha value is -3.67. The van der Waals surface area contributed by atoms with E-state index < -0.39 is 6.10 Å². The van der Waals surface area contributed by atoms with Gasteiger partial charge in [-0.05, 0) is 96.3 Å². The molecule has 1 unspecified atom stereocenters. The number of rotatable bonds is 51. The fourth-order valence-electron chi connectivity index (χ4n) is 7.78. The second-order valence-electron chi connectivity index (χ2n) is 18.8. The van der Waals surface area contributed by atoms with Crippen LogP contribution in [0.1, 0.15) is 265 Å². The summed E-state index contributed by atoms with van der Waals surface area (Å²) in [6.07, 6.45) is 75.5. The van der Waals surface area contributed by atoms with Crippen LogP contribution in [-0.4, -0.2) is 37.2 Å². The lowest BCUT2D eigenvalue weighted by atomic mass is 10.0. The van der Waals surface area contributed by atoms with Gasteiger partial charge in [0.15, 0.2) is 6.10 Å². The molecule has 6 nitrogen and oxygen atoms in total. The van der Waals surface area contributed by atoms with E-state index in [1.54, 1.807) is 0 Å². The highest BCUT2D eigenvalue weighted by molar-refractivity contribution is 5.71. The second-order valence-corrected chi connectivity index (χ2v) is 18.8. The zero-order valence-corrected chi connectivity index (χ0v) is 45.0. The molecule has 0 rings (SSSR count). The van der Waals surface area contributed by atoms with Crippen molar-refractivity contribution in [3.63, 3.8) is 0 Å². The topological polar surface area (TPSA) is 78.9 Å². The molecule has 0 aliphatic rings. The molecule has 69 heavy (non-hydrogen) atoms. The van der Waals surface area contributed by atoms with Gasteiger partial charge in [-0.1, -0.05) is 246 Å². The van der Waals surface area contributed by atoms with Gasteiger partial charge in [0.25, 0.3) is 0 Å². The van der Waals surface area contributed by atoms with Gasteiger partial charge in [0.1, 0.15) is 13.2 Å². The summed E-state index contributed by atoms with van der Waals surface area (Å²) in [5.74, 6) is -0.903. The van der Waals surface area contributed by atoms with E-state index in [1.807, 2.05) is 0 Å². The monoisotopic (exact) mass is 959 g/mol. The number of unbranched alkanes of at least 4 members (excludes halogenated alkanes) is 24. The van der Waals surface area contributed by atoms with E-state index in [4.69, 9.17) is 14.2 Å². The van der Waals surface area contributed by atoms with Crippen LogP contribution in [0.2, 0.25) is 0 Å². The summed E-state index contributed by atoms with van der Waals surface area (Å²) in [7, 11) is 0. The maximum Gasteiger partial charge on any atom is 0.306 e. The molecule has 0 heterocycles. The van der Waals surface area contributed by atoms with Crippen molar-refractivity contribution < 1.29 is 28.6 Å². The summed E-state index contributed by atoms with van der Waals surface area (Å²) in [5.41, 5.74) is 0. The Balaban J connectivity index is 4.23. The number of hydrogen-bond donors (Lipinski definition) is 0. The summed E-state index contributed by atoms with van der Waals surface area (Å²) in [4.78, 5) is 38.0. The van der Waals surface area contributed by atoms with Gasteiger partial charge in [0, 0.05) is 19.3 Å². The SMILES string of the molecule is CC/C=C\C/C=C\C/C=C\C/C=C\C/C=C\C/C=C\C/C=C\CCCCCCCCCC(=O)OCC(COC(=O)CCCCCCC/C=C\CCC)OC(=O)CCCCCCCCCCCCCC. The maximum atomic E-state index is 12.8. The average Bonchev–Trinajstić information content (AvgIpc) is 3.35. The molecule has 0 aromatic heterocycles. The smallest absolute Gasteiger partial charge is 0.306 e. The molecule has 0 aromatic carbocycles. The van der Waals surface area contributed by atoms with Gasteiger partial charge in [0.2, 0.25) is 0 Å². The van der Waals surface area contributed by atoms with Crippen molar-refractivity contribution in [1.82, 2.24) is 0 Å². The lowest BCUT2D eigenvalue weighted by Crippen LogP contribution is -2.30. The summed E-state index contributed by atoms with van der Waals surface area (Å²) < 4.78 is 16.8. The summed E-state index contributed by atoms with van der Waals surface area (Å²) in [6.45, 7) is 6.44. The molecule has 6 heteroatoms. The number of esters is 3. The first kappa shape index (κ1) is 65.3. The fraction of sp³-hybridized carbons (Fsp3) is 0.698. The van der Waals surface area contributed by atoms with Crippen LogP contribution in [0, 0.1) is 0 Å². The number of carbonyl (C=O) groups excluding carboxylic acids is 3. The van der Waals surface area contributed by atoms with E-state index in [0.717, 1.165) is 122 Å². The highest BCUT2D eigenvalue weighted by Gasteiger charge is 2.19. The normalized spacial score (nSPS) is 12.8. The van der Waals surface area contributed by atoms with Crippen molar-refractivity contribution in [2.75, 3.05) is 13.2 Å². The largest absolute Gasteiger partial charge is 0.462 e. The molecule has 0 aliphatic carbocycles. The fourth-order valence-corrected chi connectivity index (χ4v) is 7.78. The van der Waals surface area contributed by atoms with Gasteiger partial charge >= 0.3 is 17.9 Å². The number of carbonyl (C=O) groups is 3. The van der Waals surface area contributed by atoms with Crippen LogP contribution in [0.5, 0.6) is 0 Å². The van der Waals surface area contributed by atoms with Crippen LogP contribution in [0.3, 0.4) is 0 Å². The van der Waals surface area contributed by atoms with E-state index in [-0.39, 0.29) is 31.1 Å². The molecule has 394 valence electrons. The number of allylic oxidation sites excluding steroid dienone is 16.